The Morgan fingerprint density at radius 2 is 2.04 bits per heavy atom. The van der Waals surface area contributed by atoms with E-state index in [1.165, 1.54) is 25.3 Å². The van der Waals surface area contributed by atoms with Crippen LogP contribution < -0.4 is 9.47 Å². The van der Waals surface area contributed by atoms with Crippen LogP contribution in [-0.4, -0.2) is 24.6 Å². The molecule has 28 heavy (non-hydrogen) atoms. The second-order valence-electron chi connectivity index (χ2n) is 5.77. The van der Waals surface area contributed by atoms with Crippen LogP contribution in [0.25, 0.3) is 6.08 Å². The lowest BCUT2D eigenvalue weighted by Crippen LogP contribution is -2.06. The monoisotopic (exact) mass is 383 g/mol. The summed E-state index contributed by atoms with van der Waals surface area (Å²) in [5, 5.41) is 10.9. The maximum atomic E-state index is 12.1. The Balaban J connectivity index is 2.04. The molecule has 0 unspecified atom stereocenters. The van der Waals surface area contributed by atoms with E-state index in [4.69, 9.17) is 14.2 Å². The van der Waals surface area contributed by atoms with Crippen molar-refractivity contribution < 1.29 is 23.9 Å². The zero-order valence-corrected chi connectivity index (χ0v) is 15.7. The topological polar surface area (TPSA) is 87.9 Å². The van der Waals surface area contributed by atoms with Crippen LogP contribution in [0.1, 0.15) is 24.2 Å². The molecular weight excluding hydrogens is 362 g/mol. The molecule has 7 heteroatoms. The summed E-state index contributed by atoms with van der Waals surface area (Å²) in [6.45, 7) is 5.60. The highest BCUT2D eigenvalue weighted by atomic mass is 16.6. The molecule has 0 aliphatic heterocycles. The molecule has 0 radical (unpaired) electrons. The van der Waals surface area contributed by atoms with E-state index >= 15 is 0 Å². The van der Waals surface area contributed by atoms with Crippen LogP contribution in [0.3, 0.4) is 0 Å². The van der Waals surface area contributed by atoms with Gasteiger partial charge in [-0.15, -0.1) is 0 Å². The maximum absolute atomic E-state index is 12.1. The van der Waals surface area contributed by atoms with Crippen LogP contribution in [0.2, 0.25) is 0 Å². The van der Waals surface area contributed by atoms with Gasteiger partial charge in [0, 0.05) is 18.2 Å². The van der Waals surface area contributed by atoms with Crippen LogP contribution in [-0.2, 0) is 9.53 Å². The molecule has 2 aromatic carbocycles. The van der Waals surface area contributed by atoms with Gasteiger partial charge in [-0.05, 0) is 36.3 Å². The summed E-state index contributed by atoms with van der Waals surface area (Å²) in [7, 11) is 1.53. The molecule has 0 saturated carbocycles. The highest BCUT2D eigenvalue weighted by Gasteiger charge is 2.13. The number of carbonyl (C=O) groups excluding carboxylic acids is 1. The number of hydrogen-bond donors (Lipinski definition) is 0. The molecule has 0 amide bonds. The molecule has 0 aromatic heterocycles. The normalized spacial score (nSPS) is 11.6. The molecule has 0 aliphatic carbocycles. The molecule has 2 rings (SSSR count). The maximum Gasteiger partial charge on any atom is 0.331 e. The molecule has 1 atom stereocenters. The molecule has 0 bridgehead atoms. The highest BCUT2D eigenvalue weighted by molar-refractivity contribution is 5.87. The number of hydrogen-bond acceptors (Lipinski definition) is 6. The average molecular weight is 383 g/mol. The Morgan fingerprint density at radius 1 is 1.25 bits per heavy atom. The number of esters is 1. The molecule has 0 saturated heterocycles. The third-order valence-electron chi connectivity index (χ3n) is 3.80. The summed E-state index contributed by atoms with van der Waals surface area (Å²) in [5.74, 6) is 0.536. The smallest absolute Gasteiger partial charge is 0.331 e. The van der Waals surface area contributed by atoms with Crippen molar-refractivity contribution in [3.63, 3.8) is 0 Å². The minimum Gasteiger partial charge on any atom is -0.493 e. The number of carbonyl (C=O) groups is 1. The van der Waals surface area contributed by atoms with Crippen molar-refractivity contribution >= 4 is 17.7 Å². The van der Waals surface area contributed by atoms with Gasteiger partial charge in [0.05, 0.1) is 12.0 Å². The third-order valence-corrected chi connectivity index (χ3v) is 3.80. The average Bonchev–Trinajstić information content (AvgIpc) is 2.70. The summed E-state index contributed by atoms with van der Waals surface area (Å²) in [5.41, 5.74) is 1.21. The van der Waals surface area contributed by atoms with Crippen molar-refractivity contribution in [1.29, 1.82) is 0 Å². The van der Waals surface area contributed by atoms with Gasteiger partial charge in [0.2, 0.25) is 0 Å². The summed E-state index contributed by atoms with van der Waals surface area (Å²) >= 11 is 0. The molecule has 0 fully saturated rings. The van der Waals surface area contributed by atoms with E-state index in [1.54, 1.807) is 49.4 Å². The van der Waals surface area contributed by atoms with Crippen molar-refractivity contribution in [2.45, 2.75) is 13.0 Å². The molecule has 2 aromatic rings. The number of nitro groups is 1. The number of non-ortho nitro benzene ring substituents is 1. The van der Waals surface area contributed by atoms with Crippen LogP contribution in [0.4, 0.5) is 5.69 Å². The van der Waals surface area contributed by atoms with Gasteiger partial charge in [0.15, 0.2) is 11.5 Å². The SMILES string of the molecule is C=CCOc1ccc(/C=C/C(=O)O[C@@H](C)c2cccc([N+](=O)[O-])c2)cc1OC. The van der Waals surface area contributed by atoms with Crippen LogP contribution >= 0.6 is 0 Å². The number of nitrogens with zero attached hydrogens (tertiary/aromatic N) is 1. The number of nitro benzene ring substituents is 1. The fourth-order valence-electron chi connectivity index (χ4n) is 2.39. The molecule has 0 heterocycles. The molecule has 0 N–H and O–H groups in total. The van der Waals surface area contributed by atoms with Gasteiger partial charge in [0.1, 0.15) is 12.7 Å². The van der Waals surface area contributed by atoms with Crippen LogP contribution in [0.5, 0.6) is 11.5 Å². The largest absolute Gasteiger partial charge is 0.493 e. The Kier molecular flexibility index (Phi) is 7.33. The van der Waals surface area contributed by atoms with Gasteiger partial charge >= 0.3 is 5.97 Å². The van der Waals surface area contributed by atoms with Gasteiger partial charge in [-0.25, -0.2) is 4.79 Å². The lowest BCUT2D eigenvalue weighted by Gasteiger charge is -2.12. The zero-order chi connectivity index (χ0) is 20.5. The van der Waals surface area contributed by atoms with Crippen molar-refractivity contribution in [1.82, 2.24) is 0 Å². The highest BCUT2D eigenvalue weighted by Crippen LogP contribution is 2.28. The fourth-order valence-corrected chi connectivity index (χ4v) is 2.39. The minimum absolute atomic E-state index is 0.0539. The molecular formula is C21H21NO6. The quantitative estimate of drug-likeness (QED) is 0.208. The first kappa shape index (κ1) is 20.7. The van der Waals surface area contributed by atoms with Crippen molar-refractivity contribution in [2.75, 3.05) is 13.7 Å². The Bertz CT molecular complexity index is 890. The van der Waals surface area contributed by atoms with Gasteiger partial charge in [-0.1, -0.05) is 30.9 Å². The first-order chi connectivity index (χ1) is 13.4. The summed E-state index contributed by atoms with van der Waals surface area (Å²) in [6, 6.07) is 11.2. The summed E-state index contributed by atoms with van der Waals surface area (Å²) in [6.07, 6.45) is 3.88. The van der Waals surface area contributed by atoms with E-state index in [-0.39, 0.29) is 5.69 Å². The van der Waals surface area contributed by atoms with Gasteiger partial charge < -0.3 is 14.2 Å². The standard InChI is InChI=1S/C21H21NO6/c1-4-12-27-19-10-8-16(13-20(19)26-3)9-11-21(23)28-15(2)17-6-5-7-18(14-17)22(24)25/h4-11,13-15H,1,12H2,2-3H3/b11-9+/t15-/m0/s1. The number of ether oxygens (including phenoxy) is 3. The minimum atomic E-state index is -0.624. The van der Waals surface area contributed by atoms with E-state index in [2.05, 4.69) is 6.58 Å². The number of methoxy groups -OCH3 is 1. The Hall–Kier alpha value is -3.61. The first-order valence-electron chi connectivity index (χ1n) is 8.49. The third kappa shape index (κ3) is 5.70. The van der Waals surface area contributed by atoms with E-state index < -0.39 is 17.0 Å². The van der Waals surface area contributed by atoms with E-state index in [9.17, 15) is 14.9 Å². The predicted octanol–water partition coefficient (Wildman–Crippen LogP) is 4.49. The predicted molar refractivity (Wildman–Crippen MR) is 105 cm³/mol. The molecule has 0 aliphatic rings. The van der Waals surface area contributed by atoms with Crippen LogP contribution in [0, 0.1) is 10.1 Å². The Labute approximate surface area is 163 Å². The first-order valence-corrected chi connectivity index (χ1v) is 8.49. The van der Waals surface area contributed by atoms with Crippen molar-refractivity contribution in [3.8, 4) is 11.5 Å². The zero-order valence-electron chi connectivity index (χ0n) is 15.7. The Morgan fingerprint density at radius 3 is 2.71 bits per heavy atom. The van der Waals surface area contributed by atoms with Crippen LogP contribution in [0.15, 0.2) is 61.2 Å². The molecule has 0 spiro atoms. The molecule has 146 valence electrons. The second-order valence-corrected chi connectivity index (χ2v) is 5.77. The molecule has 7 nitrogen and oxygen atoms in total. The second kappa shape index (κ2) is 9.91. The van der Waals surface area contributed by atoms with Gasteiger partial charge in [-0.2, -0.15) is 0 Å². The van der Waals surface area contributed by atoms with Crippen molar-refractivity contribution in [2.24, 2.45) is 0 Å². The fraction of sp³-hybridized carbons (Fsp3) is 0.190. The number of benzene rings is 2. The van der Waals surface area contributed by atoms with E-state index in [1.807, 2.05) is 0 Å². The number of rotatable bonds is 9. The lowest BCUT2D eigenvalue weighted by molar-refractivity contribution is -0.385. The summed E-state index contributed by atoms with van der Waals surface area (Å²) < 4.78 is 16.1. The lowest BCUT2D eigenvalue weighted by atomic mass is 10.1. The van der Waals surface area contributed by atoms with Gasteiger partial charge in [0.25, 0.3) is 5.69 Å². The summed E-state index contributed by atoms with van der Waals surface area (Å²) in [4.78, 5) is 22.4. The van der Waals surface area contributed by atoms with Gasteiger partial charge in [-0.3, -0.25) is 10.1 Å². The van der Waals surface area contributed by atoms with E-state index in [0.717, 1.165) is 5.56 Å². The van der Waals surface area contributed by atoms with Crippen molar-refractivity contribution in [3.05, 3.63) is 82.4 Å². The van der Waals surface area contributed by atoms with E-state index in [0.29, 0.717) is 23.7 Å².